The summed E-state index contributed by atoms with van der Waals surface area (Å²) in [4.78, 5) is 30.3. The van der Waals surface area contributed by atoms with E-state index in [2.05, 4.69) is 4.98 Å². The summed E-state index contributed by atoms with van der Waals surface area (Å²) in [6.45, 7) is 2.28. The van der Waals surface area contributed by atoms with E-state index in [0.29, 0.717) is 35.0 Å². The first-order valence-electron chi connectivity index (χ1n) is 9.73. The van der Waals surface area contributed by atoms with Gasteiger partial charge in [0, 0.05) is 28.7 Å². The number of benzene rings is 2. The lowest BCUT2D eigenvalue weighted by Gasteiger charge is -2.18. The van der Waals surface area contributed by atoms with Gasteiger partial charge in [0.2, 0.25) is 0 Å². The standard InChI is InChI=1S/C23H21ClN2O4/c1-2-29-23(28)19-13-26(21(27)14-30-16-9-7-15(24)8-10-16)12-11-18-17-5-3-4-6-20(17)25-22(18)19/h3-10,13,25H,2,11-12,14H2,1H3. The maximum absolute atomic E-state index is 12.8. The molecule has 2 aromatic carbocycles. The Morgan fingerprint density at radius 3 is 2.67 bits per heavy atom. The number of hydrogen-bond donors (Lipinski definition) is 1. The van der Waals surface area contributed by atoms with Crippen LogP contribution in [0.15, 0.2) is 54.7 Å². The summed E-state index contributed by atoms with van der Waals surface area (Å²) in [5.74, 6) is -0.168. The van der Waals surface area contributed by atoms with Crippen molar-refractivity contribution in [3.8, 4) is 5.75 Å². The van der Waals surface area contributed by atoms with Gasteiger partial charge in [-0.2, -0.15) is 0 Å². The molecular formula is C23H21ClN2O4. The predicted octanol–water partition coefficient (Wildman–Crippen LogP) is 4.19. The first-order chi connectivity index (χ1) is 14.6. The van der Waals surface area contributed by atoms with Crippen LogP contribution >= 0.6 is 11.6 Å². The van der Waals surface area contributed by atoms with Gasteiger partial charge < -0.3 is 19.4 Å². The molecule has 2 heterocycles. The van der Waals surface area contributed by atoms with Crippen LogP contribution in [0.25, 0.3) is 16.5 Å². The largest absolute Gasteiger partial charge is 0.484 e. The fraction of sp³-hybridized carbons (Fsp3) is 0.217. The van der Waals surface area contributed by atoms with Gasteiger partial charge in [0.1, 0.15) is 5.75 Å². The van der Waals surface area contributed by atoms with Crippen LogP contribution in [0.2, 0.25) is 5.02 Å². The molecule has 0 atom stereocenters. The zero-order chi connectivity index (χ0) is 21.1. The molecule has 1 aliphatic heterocycles. The molecule has 1 N–H and O–H groups in total. The molecule has 0 saturated carbocycles. The number of hydrogen-bond acceptors (Lipinski definition) is 4. The number of carbonyl (C=O) groups is 2. The summed E-state index contributed by atoms with van der Waals surface area (Å²) >= 11 is 5.88. The molecule has 1 aromatic heterocycles. The van der Waals surface area contributed by atoms with Crippen LogP contribution in [-0.2, 0) is 20.7 Å². The lowest BCUT2D eigenvalue weighted by atomic mass is 10.0. The third-order valence-corrected chi connectivity index (χ3v) is 5.21. The Labute approximate surface area is 179 Å². The van der Waals surface area contributed by atoms with E-state index in [0.717, 1.165) is 16.5 Å². The summed E-state index contributed by atoms with van der Waals surface area (Å²) in [5.41, 5.74) is 2.98. The van der Waals surface area contributed by atoms with Gasteiger partial charge in [0.15, 0.2) is 6.61 Å². The number of H-pyrrole nitrogens is 1. The summed E-state index contributed by atoms with van der Waals surface area (Å²) in [7, 11) is 0. The Morgan fingerprint density at radius 1 is 1.13 bits per heavy atom. The quantitative estimate of drug-likeness (QED) is 0.623. The van der Waals surface area contributed by atoms with Gasteiger partial charge in [-0.3, -0.25) is 4.79 Å². The van der Waals surface area contributed by atoms with Crippen LogP contribution in [0.3, 0.4) is 0 Å². The van der Waals surface area contributed by atoms with E-state index in [1.807, 2.05) is 24.3 Å². The fourth-order valence-electron chi connectivity index (χ4n) is 3.53. The molecule has 7 heteroatoms. The molecule has 0 radical (unpaired) electrons. The van der Waals surface area contributed by atoms with Crippen molar-refractivity contribution in [1.29, 1.82) is 0 Å². The van der Waals surface area contributed by atoms with E-state index in [9.17, 15) is 9.59 Å². The number of aromatic nitrogens is 1. The number of amides is 1. The number of fused-ring (bicyclic) bond motifs is 3. The molecule has 30 heavy (non-hydrogen) atoms. The molecule has 4 rings (SSSR count). The van der Waals surface area contributed by atoms with Crippen molar-refractivity contribution < 1.29 is 19.1 Å². The van der Waals surface area contributed by atoms with Crippen molar-refractivity contribution in [1.82, 2.24) is 9.88 Å². The third kappa shape index (κ3) is 4.04. The lowest BCUT2D eigenvalue weighted by Crippen LogP contribution is -2.32. The van der Waals surface area contributed by atoms with Gasteiger partial charge in [0.05, 0.1) is 17.9 Å². The molecule has 0 bridgehead atoms. The maximum Gasteiger partial charge on any atom is 0.341 e. The summed E-state index contributed by atoms with van der Waals surface area (Å²) in [6.07, 6.45) is 2.16. The van der Waals surface area contributed by atoms with Crippen molar-refractivity contribution >= 4 is 40.0 Å². The number of esters is 1. The highest BCUT2D eigenvalue weighted by molar-refractivity contribution is 6.30. The Balaban J connectivity index is 1.61. The van der Waals surface area contributed by atoms with E-state index in [-0.39, 0.29) is 19.1 Å². The number of para-hydroxylation sites is 1. The zero-order valence-electron chi connectivity index (χ0n) is 16.5. The van der Waals surface area contributed by atoms with Crippen LogP contribution in [0.1, 0.15) is 18.2 Å². The number of carbonyl (C=O) groups excluding carboxylic acids is 2. The summed E-state index contributed by atoms with van der Waals surface area (Å²) < 4.78 is 10.8. The third-order valence-electron chi connectivity index (χ3n) is 4.96. The van der Waals surface area contributed by atoms with Gasteiger partial charge in [-0.05, 0) is 49.2 Å². The lowest BCUT2D eigenvalue weighted by molar-refractivity contribution is -0.136. The second-order valence-electron chi connectivity index (χ2n) is 6.87. The Kier molecular flexibility index (Phi) is 5.77. The van der Waals surface area contributed by atoms with E-state index >= 15 is 0 Å². The molecule has 3 aromatic rings. The summed E-state index contributed by atoms with van der Waals surface area (Å²) in [5, 5.41) is 1.63. The molecule has 0 fully saturated rings. The SMILES string of the molecule is CCOC(=O)C1=CN(C(=O)COc2ccc(Cl)cc2)CCc2c1[nH]c1ccccc21. The number of aromatic amines is 1. The number of nitrogens with zero attached hydrogens (tertiary/aromatic N) is 1. The Hall–Kier alpha value is -3.25. The predicted molar refractivity (Wildman–Crippen MR) is 115 cm³/mol. The maximum atomic E-state index is 12.8. The second-order valence-corrected chi connectivity index (χ2v) is 7.30. The highest BCUT2D eigenvalue weighted by atomic mass is 35.5. The fourth-order valence-corrected chi connectivity index (χ4v) is 3.65. The normalized spacial score (nSPS) is 13.4. The van der Waals surface area contributed by atoms with Crippen molar-refractivity contribution in [2.45, 2.75) is 13.3 Å². The minimum atomic E-state index is -0.469. The van der Waals surface area contributed by atoms with Crippen molar-refractivity contribution in [3.63, 3.8) is 0 Å². The minimum absolute atomic E-state index is 0.150. The number of halogens is 1. The number of rotatable bonds is 5. The van der Waals surface area contributed by atoms with Crippen molar-refractivity contribution in [3.05, 3.63) is 71.0 Å². The molecule has 1 amide bonds. The van der Waals surface area contributed by atoms with E-state index in [4.69, 9.17) is 21.1 Å². The first-order valence-corrected chi connectivity index (χ1v) is 10.1. The van der Waals surface area contributed by atoms with Crippen LogP contribution in [0.4, 0.5) is 0 Å². The molecule has 0 spiro atoms. The Bertz CT molecular complexity index is 1120. The number of ether oxygens (including phenoxy) is 2. The van der Waals surface area contributed by atoms with Gasteiger partial charge in [-0.1, -0.05) is 29.8 Å². The monoisotopic (exact) mass is 424 g/mol. The van der Waals surface area contributed by atoms with Crippen LogP contribution in [-0.4, -0.2) is 41.5 Å². The van der Waals surface area contributed by atoms with Crippen LogP contribution in [0.5, 0.6) is 5.75 Å². The number of nitrogens with one attached hydrogen (secondary N) is 1. The average Bonchev–Trinajstić information content (AvgIpc) is 3.00. The van der Waals surface area contributed by atoms with Crippen molar-refractivity contribution in [2.24, 2.45) is 0 Å². The minimum Gasteiger partial charge on any atom is -0.484 e. The molecule has 154 valence electrons. The van der Waals surface area contributed by atoms with E-state index < -0.39 is 5.97 Å². The highest BCUT2D eigenvalue weighted by Gasteiger charge is 2.27. The van der Waals surface area contributed by atoms with E-state index in [1.165, 1.54) is 4.90 Å². The molecule has 0 aliphatic carbocycles. The summed E-state index contributed by atoms with van der Waals surface area (Å²) in [6, 6.07) is 14.7. The molecule has 0 saturated heterocycles. The molecular weight excluding hydrogens is 404 g/mol. The van der Waals surface area contributed by atoms with Crippen LogP contribution < -0.4 is 4.74 Å². The van der Waals surface area contributed by atoms with Crippen molar-refractivity contribution in [2.75, 3.05) is 19.8 Å². The van der Waals surface area contributed by atoms with Crippen LogP contribution in [0, 0.1) is 0 Å². The molecule has 0 unspecified atom stereocenters. The smallest absolute Gasteiger partial charge is 0.341 e. The Morgan fingerprint density at radius 2 is 1.90 bits per heavy atom. The van der Waals surface area contributed by atoms with Gasteiger partial charge in [-0.25, -0.2) is 4.79 Å². The molecule has 1 aliphatic rings. The van der Waals surface area contributed by atoms with Gasteiger partial charge in [0.25, 0.3) is 5.91 Å². The zero-order valence-corrected chi connectivity index (χ0v) is 17.2. The molecule has 6 nitrogen and oxygen atoms in total. The second kappa shape index (κ2) is 8.63. The highest BCUT2D eigenvalue weighted by Crippen LogP contribution is 2.31. The van der Waals surface area contributed by atoms with Gasteiger partial charge in [-0.15, -0.1) is 0 Å². The topological polar surface area (TPSA) is 71.6 Å². The van der Waals surface area contributed by atoms with Gasteiger partial charge >= 0.3 is 5.97 Å². The van der Waals surface area contributed by atoms with E-state index in [1.54, 1.807) is 37.4 Å². The average molecular weight is 425 g/mol. The first kappa shape index (κ1) is 20.0.